The molecule has 5 rings (SSSR count). The van der Waals surface area contributed by atoms with Crippen LogP contribution in [0.4, 0.5) is 5.69 Å². The number of nitrogens with zero attached hydrogens (tertiary/aromatic N) is 3. The summed E-state index contributed by atoms with van der Waals surface area (Å²) >= 11 is 0. The lowest BCUT2D eigenvalue weighted by atomic mass is 9.84. The second-order valence-corrected chi connectivity index (χ2v) is 8.31. The predicted octanol–water partition coefficient (Wildman–Crippen LogP) is 2.00. The summed E-state index contributed by atoms with van der Waals surface area (Å²) in [6.45, 7) is 2.06. The Hall–Kier alpha value is -3.94. The fourth-order valence-corrected chi connectivity index (χ4v) is 4.57. The Morgan fingerprint density at radius 3 is 2.47 bits per heavy atom. The van der Waals surface area contributed by atoms with Crippen LogP contribution in [0.15, 0.2) is 76.3 Å². The van der Waals surface area contributed by atoms with Crippen molar-refractivity contribution in [2.45, 2.75) is 25.9 Å². The van der Waals surface area contributed by atoms with Gasteiger partial charge in [0.05, 0.1) is 30.1 Å². The smallest absolute Gasteiger partial charge is 0.274 e. The van der Waals surface area contributed by atoms with Crippen molar-refractivity contribution in [3.63, 3.8) is 0 Å². The van der Waals surface area contributed by atoms with Gasteiger partial charge in [0.2, 0.25) is 11.8 Å². The van der Waals surface area contributed by atoms with Gasteiger partial charge in [0, 0.05) is 0 Å². The molecule has 162 valence electrons. The fourth-order valence-electron chi connectivity index (χ4n) is 4.57. The molecule has 0 spiro atoms. The van der Waals surface area contributed by atoms with Crippen molar-refractivity contribution in [1.82, 2.24) is 14.3 Å². The van der Waals surface area contributed by atoms with Gasteiger partial charge >= 0.3 is 11.4 Å². The van der Waals surface area contributed by atoms with E-state index in [-0.39, 0.29) is 24.8 Å². The summed E-state index contributed by atoms with van der Waals surface area (Å²) in [6, 6.07) is 16.0. The average molecular weight is 430 g/mol. The monoisotopic (exact) mass is 430 g/mol. The predicted molar refractivity (Wildman–Crippen MR) is 118 cm³/mol. The Labute approximate surface area is 183 Å². The maximum absolute atomic E-state index is 13.1. The van der Waals surface area contributed by atoms with E-state index >= 15 is 0 Å². The number of rotatable bonds is 4. The molecule has 0 bridgehead atoms. The van der Waals surface area contributed by atoms with E-state index in [0.717, 1.165) is 15.7 Å². The van der Waals surface area contributed by atoms with E-state index < -0.39 is 29.3 Å². The molecule has 1 aliphatic carbocycles. The highest BCUT2D eigenvalue weighted by molar-refractivity contribution is 6.22. The first-order valence-electron chi connectivity index (χ1n) is 10.5. The van der Waals surface area contributed by atoms with Crippen molar-refractivity contribution >= 4 is 17.5 Å². The number of amides is 2. The third-order valence-electron chi connectivity index (χ3n) is 6.19. The van der Waals surface area contributed by atoms with Crippen LogP contribution in [-0.4, -0.2) is 26.2 Å². The standard InChI is InChI=1S/C24H22N4O4/c1-15-6-5-9-17(12-15)27-21(29)19-11-10-18(13-20(19)22(27)30)28-24(32)26(23(31)25-28)14-16-7-3-2-4-8-16/h2-12,18-20H,13-14H2,1H3,(H,25,31)/t18-,19-,20-/m0/s1. The molecule has 1 aliphatic heterocycles. The zero-order valence-electron chi connectivity index (χ0n) is 17.5. The number of carbonyl (C=O) groups excluding carboxylic acids is 2. The molecule has 1 N–H and O–H groups in total. The third kappa shape index (κ3) is 3.24. The lowest BCUT2D eigenvalue weighted by molar-refractivity contribution is -0.122. The van der Waals surface area contributed by atoms with Crippen molar-refractivity contribution in [2.24, 2.45) is 11.8 Å². The highest BCUT2D eigenvalue weighted by Crippen LogP contribution is 2.39. The van der Waals surface area contributed by atoms with Crippen molar-refractivity contribution in [3.8, 4) is 0 Å². The summed E-state index contributed by atoms with van der Waals surface area (Å²) < 4.78 is 2.39. The van der Waals surface area contributed by atoms with Gasteiger partial charge in [0.25, 0.3) is 0 Å². The zero-order chi connectivity index (χ0) is 22.4. The number of benzene rings is 2. The van der Waals surface area contributed by atoms with Crippen LogP contribution in [0.2, 0.25) is 0 Å². The zero-order valence-corrected chi connectivity index (χ0v) is 17.5. The van der Waals surface area contributed by atoms with E-state index in [9.17, 15) is 19.2 Å². The maximum atomic E-state index is 13.1. The van der Waals surface area contributed by atoms with E-state index in [4.69, 9.17) is 0 Å². The van der Waals surface area contributed by atoms with Gasteiger partial charge in [-0.2, -0.15) is 0 Å². The van der Waals surface area contributed by atoms with Crippen LogP contribution in [0, 0.1) is 18.8 Å². The number of carbonyl (C=O) groups is 2. The van der Waals surface area contributed by atoms with E-state index in [1.165, 1.54) is 9.58 Å². The third-order valence-corrected chi connectivity index (χ3v) is 6.19. The highest BCUT2D eigenvalue weighted by Gasteiger charge is 2.49. The maximum Gasteiger partial charge on any atom is 0.347 e. The summed E-state index contributed by atoms with van der Waals surface area (Å²) in [5.41, 5.74) is 1.36. The molecule has 1 fully saturated rings. The van der Waals surface area contributed by atoms with Gasteiger partial charge in [-0.15, -0.1) is 0 Å². The van der Waals surface area contributed by atoms with Gasteiger partial charge < -0.3 is 0 Å². The summed E-state index contributed by atoms with van der Waals surface area (Å²) in [6.07, 6.45) is 3.68. The average Bonchev–Trinajstić information content (AvgIpc) is 3.21. The molecule has 8 heteroatoms. The molecular formula is C24H22N4O4. The van der Waals surface area contributed by atoms with Gasteiger partial charge in [0.1, 0.15) is 0 Å². The normalized spacial score (nSPS) is 22.4. The minimum absolute atomic E-state index is 0.156. The largest absolute Gasteiger partial charge is 0.347 e. The highest BCUT2D eigenvalue weighted by atomic mass is 16.2. The number of fused-ring (bicyclic) bond motifs is 1. The van der Waals surface area contributed by atoms with Crippen LogP contribution < -0.4 is 16.3 Å². The SMILES string of the molecule is Cc1cccc(N2C(=O)[C@H]3C=C[C@H](n4[nH]c(=O)n(Cc5ccccc5)c4=O)C[C@@H]3C2=O)c1. The number of imide groups is 1. The molecule has 2 aliphatic rings. The molecule has 2 amide bonds. The first kappa shape index (κ1) is 20.0. The molecule has 0 unspecified atom stereocenters. The summed E-state index contributed by atoms with van der Waals surface area (Å²) in [7, 11) is 0. The molecule has 8 nitrogen and oxygen atoms in total. The number of nitrogens with one attached hydrogen (secondary N) is 1. The van der Waals surface area contributed by atoms with Crippen molar-refractivity contribution in [2.75, 3.05) is 4.90 Å². The molecule has 1 aromatic heterocycles. The lowest BCUT2D eigenvalue weighted by Crippen LogP contribution is -2.33. The molecule has 3 atom stereocenters. The van der Waals surface area contributed by atoms with Crippen LogP contribution in [0.1, 0.15) is 23.6 Å². The Balaban J connectivity index is 1.43. The van der Waals surface area contributed by atoms with Crippen LogP contribution in [0.5, 0.6) is 0 Å². The second kappa shape index (κ2) is 7.64. The molecule has 0 radical (unpaired) electrons. The van der Waals surface area contributed by atoms with E-state index in [0.29, 0.717) is 5.69 Å². The lowest BCUT2D eigenvalue weighted by Gasteiger charge is -2.23. The first-order chi connectivity index (χ1) is 15.4. The van der Waals surface area contributed by atoms with Gasteiger partial charge in [-0.3, -0.25) is 9.59 Å². The number of aromatic nitrogens is 3. The Morgan fingerprint density at radius 1 is 0.938 bits per heavy atom. The van der Waals surface area contributed by atoms with Crippen LogP contribution >= 0.6 is 0 Å². The molecular weight excluding hydrogens is 408 g/mol. The van der Waals surface area contributed by atoms with E-state index in [2.05, 4.69) is 5.10 Å². The number of hydrogen-bond acceptors (Lipinski definition) is 4. The van der Waals surface area contributed by atoms with Crippen molar-refractivity contribution in [1.29, 1.82) is 0 Å². The number of hydrogen-bond donors (Lipinski definition) is 1. The molecule has 32 heavy (non-hydrogen) atoms. The number of H-pyrrole nitrogens is 1. The second-order valence-electron chi connectivity index (χ2n) is 8.31. The number of allylic oxidation sites excluding steroid dienone is 1. The Bertz CT molecular complexity index is 1350. The first-order valence-corrected chi connectivity index (χ1v) is 10.5. The topological polar surface area (TPSA) is 97.2 Å². The van der Waals surface area contributed by atoms with E-state index in [1.807, 2.05) is 49.4 Å². The minimum Gasteiger partial charge on any atom is -0.274 e. The van der Waals surface area contributed by atoms with Crippen molar-refractivity contribution in [3.05, 3.63) is 98.8 Å². The van der Waals surface area contributed by atoms with Crippen LogP contribution in [0.3, 0.4) is 0 Å². The summed E-state index contributed by atoms with van der Waals surface area (Å²) in [4.78, 5) is 52.7. The molecule has 2 aromatic carbocycles. The quantitative estimate of drug-likeness (QED) is 0.506. The number of aromatic amines is 1. The molecule has 0 saturated carbocycles. The fraction of sp³-hybridized carbons (Fsp3) is 0.250. The Kier molecular flexibility index (Phi) is 4.77. The van der Waals surface area contributed by atoms with Gasteiger partial charge in [-0.05, 0) is 36.6 Å². The van der Waals surface area contributed by atoms with Gasteiger partial charge in [-0.1, -0.05) is 54.6 Å². The molecule has 2 heterocycles. The van der Waals surface area contributed by atoms with Crippen molar-refractivity contribution < 1.29 is 9.59 Å². The summed E-state index contributed by atoms with van der Waals surface area (Å²) in [5, 5.41) is 2.61. The number of anilines is 1. The van der Waals surface area contributed by atoms with E-state index in [1.54, 1.807) is 24.3 Å². The van der Waals surface area contributed by atoms with Crippen LogP contribution in [0.25, 0.3) is 0 Å². The molecule has 1 saturated heterocycles. The minimum atomic E-state index is -0.578. The molecule has 3 aromatic rings. The van der Waals surface area contributed by atoms with Gasteiger partial charge in [-0.25, -0.2) is 28.8 Å². The Morgan fingerprint density at radius 2 is 1.72 bits per heavy atom. The number of aryl methyl sites for hydroxylation is 1. The summed E-state index contributed by atoms with van der Waals surface area (Å²) in [5.74, 6) is -1.68. The van der Waals surface area contributed by atoms with Crippen LogP contribution in [-0.2, 0) is 16.1 Å². The van der Waals surface area contributed by atoms with Gasteiger partial charge in [0.15, 0.2) is 0 Å².